The van der Waals surface area contributed by atoms with E-state index in [2.05, 4.69) is 41.4 Å². The van der Waals surface area contributed by atoms with Crippen molar-refractivity contribution in [2.45, 2.75) is 5.03 Å². The zero-order valence-corrected chi connectivity index (χ0v) is 20.2. The average Bonchev–Trinajstić information content (AvgIpc) is 2.84. The molecule has 3 nitrogen and oxygen atoms in total. The molecule has 0 saturated carbocycles. The van der Waals surface area contributed by atoms with Crippen LogP contribution in [0.15, 0.2) is 114 Å². The Labute approximate surface area is 185 Å². The molecule has 0 radical (unpaired) electrons. The minimum absolute atomic E-state index is 0.320. The Bertz CT molecular complexity index is 1020. The topological polar surface area (TPSA) is 39.2 Å². The minimum atomic E-state index is -4.12. The summed E-state index contributed by atoms with van der Waals surface area (Å²) >= 11 is -2.67. The Hall–Kier alpha value is -2.57. The van der Waals surface area contributed by atoms with Crippen LogP contribution in [0.2, 0.25) is 0 Å². The van der Waals surface area contributed by atoms with Crippen LogP contribution in [-0.2, 0) is 3.07 Å². The second-order valence-corrected chi connectivity index (χ2v) is 16.9. The van der Waals surface area contributed by atoms with Crippen molar-refractivity contribution in [2.75, 3.05) is 6.26 Å². The van der Waals surface area contributed by atoms with Crippen molar-refractivity contribution in [3.8, 4) is 0 Å². The van der Waals surface area contributed by atoms with Crippen molar-refractivity contribution in [3.63, 3.8) is 0 Å². The molecule has 0 bridgehead atoms. The Morgan fingerprint density at radius 3 is 1.63 bits per heavy atom. The number of hydrogen-bond acceptors (Lipinski definition) is 4. The number of carbonyl (C=O) groups excluding carboxylic acids is 1. The molecule has 0 unspecified atom stereocenters. The van der Waals surface area contributed by atoms with Crippen molar-refractivity contribution in [2.24, 2.45) is 0 Å². The fourth-order valence-electron chi connectivity index (χ4n) is 3.60. The molecule has 4 aromatic rings. The van der Waals surface area contributed by atoms with Gasteiger partial charge in [-0.05, 0) is 0 Å². The molecule has 0 N–H and O–H groups in total. The predicted molar refractivity (Wildman–Crippen MR) is 125 cm³/mol. The van der Waals surface area contributed by atoms with Gasteiger partial charge in [-0.15, -0.1) is 0 Å². The summed E-state index contributed by atoms with van der Waals surface area (Å²) < 4.78 is 9.91. The third-order valence-corrected chi connectivity index (χ3v) is 16.9. The zero-order valence-electron chi connectivity index (χ0n) is 16.6. The van der Waals surface area contributed by atoms with Gasteiger partial charge in [0, 0.05) is 0 Å². The van der Waals surface area contributed by atoms with E-state index in [4.69, 9.17) is 3.07 Å². The molecule has 3 aromatic carbocycles. The third kappa shape index (κ3) is 4.02. The Morgan fingerprint density at radius 1 is 0.733 bits per heavy atom. The van der Waals surface area contributed by atoms with Crippen molar-refractivity contribution < 1.29 is 7.87 Å². The van der Waals surface area contributed by atoms with Crippen LogP contribution < -0.4 is 10.7 Å². The molecular weight excluding hydrogens is 497 g/mol. The fourth-order valence-corrected chi connectivity index (χ4v) is 14.8. The first-order valence-corrected chi connectivity index (χ1v) is 16.3. The molecule has 0 atom stereocenters. The average molecular weight is 518 g/mol. The molecule has 0 aliphatic rings. The van der Waals surface area contributed by atoms with Crippen LogP contribution in [0.5, 0.6) is 0 Å². The molecule has 1 heterocycles. The molecule has 0 amide bonds. The van der Waals surface area contributed by atoms with E-state index in [9.17, 15) is 4.79 Å². The first-order chi connectivity index (χ1) is 14.8. The second-order valence-electron chi connectivity index (χ2n) is 6.73. The van der Waals surface area contributed by atoms with Crippen LogP contribution in [0.25, 0.3) is 0 Å². The molecule has 0 saturated heterocycles. The van der Waals surface area contributed by atoms with E-state index in [0.29, 0.717) is 10.6 Å². The van der Waals surface area contributed by atoms with E-state index in [1.165, 1.54) is 11.8 Å². The van der Waals surface area contributed by atoms with Gasteiger partial charge in [-0.1, -0.05) is 0 Å². The molecule has 0 aliphatic carbocycles. The van der Waals surface area contributed by atoms with Crippen LogP contribution in [0.4, 0.5) is 0 Å². The SMILES string of the molecule is CSc1ncccc1C(=O)[O][Sn]([c]1ccccc1)([c]1ccccc1)[c]1ccccc1. The molecule has 1 aromatic heterocycles. The number of carbonyl (C=O) groups is 1. The predicted octanol–water partition coefficient (Wildman–Crippen LogP) is 3.63. The van der Waals surface area contributed by atoms with Gasteiger partial charge in [-0.3, -0.25) is 0 Å². The van der Waals surface area contributed by atoms with E-state index < -0.39 is 18.8 Å². The van der Waals surface area contributed by atoms with Crippen LogP contribution in [0.3, 0.4) is 0 Å². The van der Waals surface area contributed by atoms with Crippen LogP contribution in [0, 0.1) is 0 Å². The number of pyridine rings is 1. The van der Waals surface area contributed by atoms with Gasteiger partial charge in [-0.25, -0.2) is 0 Å². The summed E-state index contributed by atoms with van der Waals surface area (Å²) in [6, 6.07) is 34.1. The summed E-state index contributed by atoms with van der Waals surface area (Å²) in [6.07, 6.45) is 3.62. The summed E-state index contributed by atoms with van der Waals surface area (Å²) in [4.78, 5) is 17.9. The van der Waals surface area contributed by atoms with Gasteiger partial charge in [0.15, 0.2) is 0 Å². The summed E-state index contributed by atoms with van der Waals surface area (Å²) in [5, 5.41) is 0.678. The molecule has 0 aliphatic heterocycles. The Kier molecular flexibility index (Phi) is 6.55. The standard InChI is InChI=1S/C7H7NO2S.3C6H5.Sn/c1-11-6-5(7(9)10)3-2-4-8-6;3*1-2-4-6-5-3-1;/h2-4H,1H3,(H,9,10);3*1-5H;/q;;;;+1/p-1. The van der Waals surface area contributed by atoms with Gasteiger partial charge in [0.2, 0.25) is 0 Å². The molecule has 0 spiro atoms. The van der Waals surface area contributed by atoms with E-state index in [0.717, 1.165) is 10.7 Å². The molecule has 4 rings (SSSR count). The summed E-state index contributed by atoms with van der Waals surface area (Å²) in [7, 11) is 0. The fraction of sp³-hybridized carbons (Fsp3) is 0.0400. The number of nitrogens with zero attached hydrogens (tertiary/aromatic N) is 1. The van der Waals surface area contributed by atoms with Gasteiger partial charge in [0.1, 0.15) is 0 Å². The first kappa shape index (κ1) is 20.7. The van der Waals surface area contributed by atoms with Gasteiger partial charge < -0.3 is 0 Å². The zero-order chi connectivity index (χ0) is 20.8. The molecular formula is C25H21NO2SSn. The van der Waals surface area contributed by atoms with Crippen LogP contribution in [0.1, 0.15) is 10.4 Å². The summed E-state index contributed by atoms with van der Waals surface area (Å²) in [6.45, 7) is 0. The Balaban J connectivity index is 1.94. The van der Waals surface area contributed by atoms with Crippen LogP contribution >= 0.6 is 11.8 Å². The molecule has 5 heteroatoms. The van der Waals surface area contributed by atoms with E-state index in [1.807, 2.05) is 60.9 Å². The summed E-state index contributed by atoms with van der Waals surface area (Å²) in [5.74, 6) is -0.320. The van der Waals surface area contributed by atoms with Gasteiger partial charge in [0.25, 0.3) is 0 Å². The normalized spacial score (nSPS) is 11.1. The van der Waals surface area contributed by atoms with E-state index in [-0.39, 0.29) is 5.97 Å². The van der Waals surface area contributed by atoms with Gasteiger partial charge >= 0.3 is 186 Å². The van der Waals surface area contributed by atoms with Crippen molar-refractivity contribution in [1.82, 2.24) is 4.98 Å². The molecule has 30 heavy (non-hydrogen) atoms. The maximum atomic E-state index is 13.5. The van der Waals surface area contributed by atoms with Crippen molar-refractivity contribution >= 4 is 47.3 Å². The number of benzene rings is 3. The van der Waals surface area contributed by atoms with Crippen molar-refractivity contribution in [3.05, 3.63) is 115 Å². The van der Waals surface area contributed by atoms with E-state index >= 15 is 0 Å². The maximum absolute atomic E-state index is 13.5. The van der Waals surface area contributed by atoms with Crippen molar-refractivity contribution in [1.29, 1.82) is 0 Å². The first-order valence-electron chi connectivity index (χ1n) is 9.64. The van der Waals surface area contributed by atoms with Crippen LogP contribution in [-0.4, -0.2) is 36.0 Å². The number of hydrogen-bond donors (Lipinski definition) is 0. The van der Waals surface area contributed by atoms with E-state index in [1.54, 1.807) is 18.3 Å². The third-order valence-electron chi connectivity index (χ3n) is 4.97. The molecule has 148 valence electrons. The quantitative estimate of drug-likeness (QED) is 0.289. The molecule has 0 fully saturated rings. The Morgan fingerprint density at radius 2 is 1.20 bits per heavy atom. The van der Waals surface area contributed by atoms with Gasteiger partial charge in [-0.2, -0.15) is 0 Å². The van der Waals surface area contributed by atoms with Gasteiger partial charge in [0.05, 0.1) is 0 Å². The number of aromatic nitrogens is 1. The number of rotatable bonds is 6. The summed E-state index contributed by atoms with van der Waals surface area (Å²) in [5.41, 5.74) is 0.508. The monoisotopic (exact) mass is 519 g/mol. The number of thioether (sulfide) groups is 1. The second kappa shape index (κ2) is 9.49.